The Hall–Kier alpha value is -3.35. The highest BCUT2D eigenvalue weighted by Crippen LogP contribution is 2.28. The smallest absolute Gasteiger partial charge is 0.331 e. The number of ether oxygens (including phenoxy) is 3. The van der Waals surface area contributed by atoms with Crippen molar-refractivity contribution in [3.05, 3.63) is 53.6 Å². The van der Waals surface area contributed by atoms with Crippen molar-refractivity contribution in [2.45, 2.75) is 37.1 Å². The van der Waals surface area contributed by atoms with Crippen molar-refractivity contribution in [3.63, 3.8) is 0 Å². The van der Waals surface area contributed by atoms with Gasteiger partial charge in [0.15, 0.2) is 35.4 Å². The summed E-state index contributed by atoms with van der Waals surface area (Å²) in [5.74, 6) is -2.15. The second-order valence-corrected chi connectivity index (χ2v) is 7.63. The van der Waals surface area contributed by atoms with Gasteiger partial charge in [-0.25, -0.2) is 4.79 Å². The highest BCUT2D eigenvalue weighted by molar-refractivity contribution is 5.87. The average molecular weight is 478 g/mol. The lowest BCUT2D eigenvalue weighted by Crippen LogP contribution is -2.60. The quantitative estimate of drug-likeness (QED) is 0.155. The van der Waals surface area contributed by atoms with Gasteiger partial charge in [-0.1, -0.05) is 12.1 Å². The first-order chi connectivity index (χ1) is 16.2. The van der Waals surface area contributed by atoms with Gasteiger partial charge in [0.1, 0.15) is 18.3 Å². The van der Waals surface area contributed by atoms with Crippen LogP contribution in [-0.4, -0.2) is 85.6 Å². The maximum atomic E-state index is 12.2. The molecule has 0 spiro atoms. The maximum absolute atomic E-state index is 12.2. The number of phenolic OH excluding ortho intramolecular Hbond substituents is 4. The Balaban J connectivity index is 1.56. The number of hydrogen-bond donors (Lipinski definition) is 7. The van der Waals surface area contributed by atoms with E-state index in [1.54, 1.807) is 6.07 Å². The fourth-order valence-corrected chi connectivity index (χ4v) is 3.34. The van der Waals surface area contributed by atoms with Crippen molar-refractivity contribution in [2.75, 3.05) is 13.2 Å². The van der Waals surface area contributed by atoms with Gasteiger partial charge in [-0.3, -0.25) is 0 Å². The number of hydrogen-bond acceptors (Lipinski definition) is 11. The molecule has 34 heavy (non-hydrogen) atoms. The summed E-state index contributed by atoms with van der Waals surface area (Å²) in [6.45, 7) is -0.619. The van der Waals surface area contributed by atoms with Gasteiger partial charge in [0, 0.05) is 6.08 Å². The van der Waals surface area contributed by atoms with Crippen molar-refractivity contribution in [2.24, 2.45) is 0 Å². The molecular formula is C23H26O11. The Morgan fingerprint density at radius 2 is 1.62 bits per heavy atom. The molecule has 0 saturated carbocycles. The molecule has 184 valence electrons. The van der Waals surface area contributed by atoms with Crippen molar-refractivity contribution >= 4 is 12.0 Å². The molecule has 7 N–H and O–H groups in total. The van der Waals surface area contributed by atoms with Gasteiger partial charge in [-0.2, -0.15) is 0 Å². The Kier molecular flexibility index (Phi) is 8.31. The van der Waals surface area contributed by atoms with Crippen molar-refractivity contribution < 1.29 is 54.8 Å². The highest BCUT2D eigenvalue weighted by Gasteiger charge is 2.46. The predicted molar refractivity (Wildman–Crippen MR) is 116 cm³/mol. The molecule has 1 fully saturated rings. The van der Waals surface area contributed by atoms with Crippen LogP contribution in [0.2, 0.25) is 0 Å². The molecule has 0 amide bonds. The molecule has 2 aromatic carbocycles. The second-order valence-electron chi connectivity index (χ2n) is 7.63. The van der Waals surface area contributed by atoms with E-state index in [0.717, 1.165) is 6.08 Å². The molecule has 5 atom stereocenters. The summed E-state index contributed by atoms with van der Waals surface area (Å²) >= 11 is 0. The third kappa shape index (κ3) is 6.16. The molecule has 0 bridgehead atoms. The zero-order valence-electron chi connectivity index (χ0n) is 17.9. The number of benzene rings is 2. The van der Waals surface area contributed by atoms with E-state index < -0.39 is 43.3 Å². The number of aliphatic hydroxyl groups is 3. The monoisotopic (exact) mass is 478 g/mol. The fourth-order valence-electron chi connectivity index (χ4n) is 3.34. The molecule has 1 aliphatic rings. The first-order valence-corrected chi connectivity index (χ1v) is 10.3. The molecule has 1 heterocycles. The lowest BCUT2D eigenvalue weighted by molar-refractivity contribution is -0.302. The zero-order chi connectivity index (χ0) is 24.8. The van der Waals surface area contributed by atoms with E-state index in [-0.39, 0.29) is 36.0 Å². The molecule has 2 aromatic rings. The number of carbonyl (C=O) groups excluding carboxylic acids is 1. The van der Waals surface area contributed by atoms with Crippen LogP contribution < -0.4 is 0 Å². The maximum Gasteiger partial charge on any atom is 0.331 e. The number of esters is 1. The van der Waals surface area contributed by atoms with Crippen molar-refractivity contribution in [1.82, 2.24) is 0 Å². The summed E-state index contributed by atoms with van der Waals surface area (Å²) in [6, 6.07) is 8.15. The van der Waals surface area contributed by atoms with Gasteiger partial charge in [-0.05, 0) is 47.9 Å². The molecule has 0 aromatic heterocycles. The van der Waals surface area contributed by atoms with Crippen LogP contribution in [0, 0.1) is 0 Å². The van der Waals surface area contributed by atoms with E-state index in [9.17, 15) is 40.5 Å². The molecule has 11 nitrogen and oxygen atoms in total. The van der Waals surface area contributed by atoms with E-state index in [1.165, 1.54) is 36.4 Å². The first-order valence-electron chi connectivity index (χ1n) is 10.3. The fraction of sp³-hybridized carbons (Fsp3) is 0.348. The third-order valence-electron chi connectivity index (χ3n) is 5.20. The Labute approximate surface area is 194 Å². The van der Waals surface area contributed by atoms with Crippen LogP contribution in [0.1, 0.15) is 11.1 Å². The summed E-state index contributed by atoms with van der Waals surface area (Å²) < 4.78 is 16.1. The van der Waals surface area contributed by atoms with Gasteiger partial charge >= 0.3 is 5.97 Å². The van der Waals surface area contributed by atoms with Crippen LogP contribution in [0.25, 0.3) is 6.08 Å². The van der Waals surface area contributed by atoms with E-state index >= 15 is 0 Å². The lowest BCUT2D eigenvalue weighted by Gasteiger charge is -2.41. The van der Waals surface area contributed by atoms with Crippen molar-refractivity contribution in [3.8, 4) is 23.0 Å². The standard InChI is InChI=1S/C23H26O11/c24-11-18-22(34-19(29)6-3-12-1-4-14(25)16(27)9-12)20(30)21(31)23(33-18)32-8-7-13-2-5-15(26)17(28)10-13/h1-6,9-10,18,20-28,30-31H,7-8,11H2/t18-,20-,21-,22-,23-/m1/s1. The van der Waals surface area contributed by atoms with Crippen LogP contribution in [0.3, 0.4) is 0 Å². The summed E-state index contributed by atoms with van der Waals surface area (Å²) in [7, 11) is 0. The molecule has 1 aliphatic heterocycles. The third-order valence-corrected chi connectivity index (χ3v) is 5.20. The minimum Gasteiger partial charge on any atom is -0.504 e. The predicted octanol–water partition coefficient (Wildman–Crippen LogP) is 0.132. The summed E-state index contributed by atoms with van der Waals surface area (Å²) in [6.07, 6.45) is -4.50. The van der Waals surface area contributed by atoms with Gasteiger partial charge in [0.25, 0.3) is 0 Å². The number of aliphatic hydroxyl groups excluding tert-OH is 3. The Morgan fingerprint density at radius 1 is 0.941 bits per heavy atom. The number of phenols is 4. The number of carbonyl (C=O) groups is 1. The van der Waals surface area contributed by atoms with E-state index in [1.807, 2.05) is 0 Å². The Bertz CT molecular complexity index is 1020. The molecule has 0 unspecified atom stereocenters. The normalized spacial score (nSPS) is 24.9. The minimum absolute atomic E-state index is 0.0173. The van der Waals surface area contributed by atoms with Crippen LogP contribution in [0.5, 0.6) is 23.0 Å². The van der Waals surface area contributed by atoms with Crippen LogP contribution in [0.15, 0.2) is 42.5 Å². The first kappa shape index (κ1) is 25.3. The topological polar surface area (TPSA) is 186 Å². The average Bonchev–Trinajstić information content (AvgIpc) is 2.81. The molecule has 3 rings (SSSR count). The lowest BCUT2D eigenvalue weighted by atomic mass is 9.99. The van der Waals surface area contributed by atoms with Gasteiger partial charge < -0.3 is 50.0 Å². The number of rotatable bonds is 8. The van der Waals surface area contributed by atoms with Gasteiger partial charge in [0.2, 0.25) is 0 Å². The van der Waals surface area contributed by atoms with Crippen molar-refractivity contribution in [1.29, 1.82) is 0 Å². The van der Waals surface area contributed by atoms with E-state index in [2.05, 4.69) is 0 Å². The van der Waals surface area contributed by atoms with Crippen LogP contribution in [0.4, 0.5) is 0 Å². The van der Waals surface area contributed by atoms with Crippen LogP contribution in [-0.2, 0) is 25.4 Å². The molecule has 0 aliphatic carbocycles. The Morgan fingerprint density at radius 3 is 2.26 bits per heavy atom. The number of aromatic hydroxyl groups is 4. The summed E-state index contributed by atoms with van der Waals surface area (Å²) in [4.78, 5) is 12.2. The van der Waals surface area contributed by atoms with E-state index in [0.29, 0.717) is 11.1 Å². The SMILES string of the molecule is O=C(C=Cc1ccc(O)c(O)c1)O[C@H]1[C@H](O)[C@@H](O)[C@H](OCCc2ccc(O)c(O)c2)O[C@@H]1CO. The molecular weight excluding hydrogens is 452 g/mol. The van der Waals surface area contributed by atoms with Gasteiger partial charge in [-0.15, -0.1) is 0 Å². The van der Waals surface area contributed by atoms with Gasteiger partial charge in [0.05, 0.1) is 13.2 Å². The zero-order valence-corrected chi connectivity index (χ0v) is 17.9. The molecule has 0 radical (unpaired) electrons. The minimum atomic E-state index is -1.62. The second kappa shape index (κ2) is 11.2. The van der Waals surface area contributed by atoms with Crippen LogP contribution >= 0.6 is 0 Å². The highest BCUT2D eigenvalue weighted by atomic mass is 16.7. The summed E-state index contributed by atoms with van der Waals surface area (Å²) in [5.41, 5.74) is 1.03. The molecule has 1 saturated heterocycles. The van der Waals surface area contributed by atoms with E-state index in [4.69, 9.17) is 14.2 Å². The molecule has 11 heteroatoms. The summed E-state index contributed by atoms with van der Waals surface area (Å²) in [5, 5.41) is 68.1. The largest absolute Gasteiger partial charge is 0.504 e.